The van der Waals surface area contributed by atoms with Crippen molar-refractivity contribution >= 4 is 12.4 Å². The molecule has 3 heteroatoms. The third kappa shape index (κ3) is 6.30. The Morgan fingerprint density at radius 2 is 2.15 bits per heavy atom. The van der Waals surface area contributed by atoms with Crippen molar-refractivity contribution < 1.29 is 4.74 Å². The first-order valence-corrected chi connectivity index (χ1v) is 5.26. The lowest BCUT2D eigenvalue weighted by Gasteiger charge is -2.23. The number of halogens is 1. The van der Waals surface area contributed by atoms with Crippen molar-refractivity contribution in [1.82, 2.24) is 5.32 Å². The van der Waals surface area contributed by atoms with Crippen molar-refractivity contribution in [2.24, 2.45) is 0 Å². The number of hydrogen-bond donors (Lipinski definition) is 1. The maximum Gasteiger partial charge on any atom is 0.0700 e. The highest BCUT2D eigenvalue weighted by Gasteiger charge is 2.11. The van der Waals surface area contributed by atoms with Gasteiger partial charge >= 0.3 is 0 Å². The highest BCUT2D eigenvalue weighted by atomic mass is 35.5. The third-order valence-electron chi connectivity index (χ3n) is 2.38. The van der Waals surface area contributed by atoms with Gasteiger partial charge in [0.25, 0.3) is 0 Å². The lowest BCUT2D eigenvalue weighted by molar-refractivity contribution is 0.0221. The van der Waals surface area contributed by atoms with Gasteiger partial charge in [0.15, 0.2) is 0 Å². The minimum atomic E-state index is 0. The molecule has 1 atom stereocenters. The highest BCUT2D eigenvalue weighted by Crippen LogP contribution is 2.09. The topological polar surface area (TPSA) is 21.3 Å². The standard InChI is InChI=1S/C10H21NO.ClH/c1-2-3-4-5-6-10-9-11-7-8-12-10;/h10-11H,2-9H2,1H3;1H. The average molecular weight is 208 g/mol. The molecule has 0 saturated carbocycles. The van der Waals surface area contributed by atoms with E-state index in [0.717, 1.165) is 19.7 Å². The van der Waals surface area contributed by atoms with Gasteiger partial charge < -0.3 is 10.1 Å². The van der Waals surface area contributed by atoms with E-state index in [1.54, 1.807) is 0 Å². The van der Waals surface area contributed by atoms with Crippen molar-refractivity contribution in [1.29, 1.82) is 0 Å². The quantitative estimate of drug-likeness (QED) is 0.699. The molecule has 1 N–H and O–H groups in total. The summed E-state index contributed by atoms with van der Waals surface area (Å²) in [5.41, 5.74) is 0. The minimum absolute atomic E-state index is 0. The number of ether oxygens (including phenoxy) is 1. The van der Waals surface area contributed by atoms with Gasteiger partial charge in [0.05, 0.1) is 12.7 Å². The summed E-state index contributed by atoms with van der Waals surface area (Å²) >= 11 is 0. The van der Waals surface area contributed by atoms with E-state index in [4.69, 9.17) is 4.74 Å². The summed E-state index contributed by atoms with van der Waals surface area (Å²) in [6.45, 7) is 5.24. The summed E-state index contributed by atoms with van der Waals surface area (Å²) in [5.74, 6) is 0. The molecule has 1 rings (SSSR count). The summed E-state index contributed by atoms with van der Waals surface area (Å²) in [5, 5.41) is 3.35. The molecule has 0 aromatic rings. The molecule has 0 bridgehead atoms. The van der Waals surface area contributed by atoms with E-state index in [-0.39, 0.29) is 12.4 Å². The first-order chi connectivity index (χ1) is 5.93. The van der Waals surface area contributed by atoms with E-state index in [0.29, 0.717) is 6.10 Å². The van der Waals surface area contributed by atoms with Gasteiger partial charge in [0, 0.05) is 13.1 Å². The predicted molar refractivity (Wildman–Crippen MR) is 58.6 cm³/mol. The van der Waals surface area contributed by atoms with Gasteiger partial charge in [-0.15, -0.1) is 12.4 Å². The van der Waals surface area contributed by atoms with E-state index in [1.807, 2.05) is 0 Å². The zero-order valence-corrected chi connectivity index (χ0v) is 9.37. The Labute approximate surface area is 87.8 Å². The fourth-order valence-corrected chi connectivity index (χ4v) is 1.60. The van der Waals surface area contributed by atoms with Crippen LogP contribution in [0.3, 0.4) is 0 Å². The Hall–Kier alpha value is 0.210. The van der Waals surface area contributed by atoms with Crippen LogP contribution in [-0.2, 0) is 4.74 Å². The van der Waals surface area contributed by atoms with Crippen LogP contribution >= 0.6 is 12.4 Å². The number of morpholine rings is 1. The van der Waals surface area contributed by atoms with Gasteiger partial charge in [-0.05, 0) is 6.42 Å². The molecule has 13 heavy (non-hydrogen) atoms. The molecule has 1 heterocycles. The summed E-state index contributed by atoms with van der Waals surface area (Å²) in [6.07, 6.45) is 7.14. The van der Waals surface area contributed by atoms with Crippen LogP contribution in [0.4, 0.5) is 0 Å². The molecule has 0 amide bonds. The maximum absolute atomic E-state index is 5.60. The lowest BCUT2D eigenvalue weighted by atomic mass is 10.1. The van der Waals surface area contributed by atoms with E-state index >= 15 is 0 Å². The van der Waals surface area contributed by atoms with Gasteiger partial charge in [-0.3, -0.25) is 0 Å². The fraction of sp³-hybridized carbons (Fsp3) is 1.00. The summed E-state index contributed by atoms with van der Waals surface area (Å²) in [4.78, 5) is 0. The smallest absolute Gasteiger partial charge is 0.0700 e. The number of nitrogens with one attached hydrogen (secondary N) is 1. The molecule has 1 unspecified atom stereocenters. The molecule has 1 saturated heterocycles. The lowest BCUT2D eigenvalue weighted by Crippen LogP contribution is -2.38. The zero-order valence-electron chi connectivity index (χ0n) is 8.55. The Balaban J connectivity index is 0.00000144. The van der Waals surface area contributed by atoms with Crippen LogP contribution in [0, 0.1) is 0 Å². The first-order valence-electron chi connectivity index (χ1n) is 5.26. The van der Waals surface area contributed by atoms with Crippen LogP contribution in [-0.4, -0.2) is 25.8 Å². The summed E-state index contributed by atoms with van der Waals surface area (Å²) in [7, 11) is 0. The van der Waals surface area contributed by atoms with Crippen molar-refractivity contribution in [2.75, 3.05) is 19.7 Å². The largest absolute Gasteiger partial charge is 0.376 e. The molecule has 0 spiro atoms. The monoisotopic (exact) mass is 207 g/mol. The van der Waals surface area contributed by atoms with Crippen LogP contribution in [0.25, 0.3) is 0 Å². The average Bonchev–Trinajstić information content (AvgIpc) is 2.14. The Kier molecular flexibility index (Phi) is 8.93. The van der Waals surface area contributed by atoms with Crippen LogP contribution < -0.4 is 5.32 Å². The Bertz CT molecular complexity index is 105. The number of rotatable bonds is 5. The Morgan fingerprint density at radius 1 is 1.31 bits per heavy atom. The molecule has 0 aliphatic carbocycles. The van der Waals surface area contributed by atoms with Gasteiger partial charge in [0.1, 0.15) is 0 Å². The molecule has 1 aliphatic rings. The highest BCUT2D eigenvalue weighted by molar-refractivity contribution is 5.85. The molecule has 1 fully saturated rings. The van der Waals surface area contributed by atoms with Crippen molar-refractivity contribution in [3.8, 4) is 0 Å². The third-order valence-corrected chi connectivity index (χ3v) is 2.38. The normalized spacial score (nSPS) is 22.4. The van der Waals surface area contributed by atoms with Crippen LogP contribution in [0.2, 0.25) is 0 Å². The maximum atomic E-state index is 5.60. The predicted octanol–water partition coefficient (Wildman–Crippen LogP) is 2.37. The van der Waals surface area contributed by atoms with Crippen LogP contribution in [0.5, 0.6) is 0 Å². The van der Waals surface area contributed by atoms with Gasteiger partial charge in [-0.25, -0.2) is 0 Å². The molecule has 1 aliphatic heterocycles. The van der Waals surface area contributed by atoms with Crippen LogP contribution in [0.15, 0.2) is 0 Å². The zero-order chi connectivity index (χ0) is 8.65. The van der Waals surface area contributed by atoms with Crippen molar-refractivity contribution in [3.63, 3.8) is 0 Å². The van der Waals surface area contributed by atoms with Crippen molar-refractivity contribution in [3.05, 3.63) is 0 Å². The summed E-state index contributed by atoms with van der Waals surface area (Å²) in [6, 6.07) is 0. The fourth-order valence-electron chi connectivity index (χ4n) is 1.60. The molecule has 0 radical (unpaired) electrons. The Morgan fingerprint density at radius 3 is 2.77 bits per heavy atom. The second kappa shape index (κ2) is 8.79. The van der Waals surface area contributed by atoms with Gasteiger partial charge in [0.2, 0.25) is 0 Å². The molecular weight excluding hydrogens is 186 g/mol. The van der Waals surface area contributed by atoms with E-state index in [9.17, 15) is 0 Å². The van der Waals surface area contributed by atoms with Gasteiger partial charge in [-0.1, -0.05) is 32.6 Å². The number of hydrogen-bond acceptors (Lipinski definition) is 2. The molecular formula is C10H22ClNO. The van der Waals surface area contributed by atoms with Gasteiger partial charge in [-0.2, -0.15) is 0 Å². The van der Waals surface area contributed by atoms with E-state index < -0.39 is 0 Å². The second-order valence-corrected chi connectivity index (χ2v) is 3.55. The molecule has 80 valence electrons. The number of unbranched alkanes of at least 4 members (excludes halogenated alkanes) is 3. The first kappa shape index (κ1) is 13.2. The minimum Gasteiger partial charge on any atom is -0.376 e. The summed E-state index contributed by atoms with van der Waals surface area (Å²) < 4.78 is 5.60. The van der Waals surface area contributed by atoms with Crippen LogP contribution in [0.1, 0.15) is 39.0 Å². The second-order valence-electron chi connectivity index (χ2n) is 3.55. The SMILES string of the molecule is CCCCCCC1CNCCO1.Cl. The van der Waals surface area contributed by atoms with Crippen molar-refractivity contribution in [2.45, 2.75) is 45.1 Å². The molecule has 0 aromatic carbocycles. The van der Waals surface area contributed by atoms with E-state index in [2.05, 4.69) is 12.2 Å². The van der Waals surface area contributed by atoms with E-state index in [1.165, 1.54) is 32.1 Å². The molecule has 0 aromatic heterocycles. The molecule has 2 nitrogen and oxygen atoms in total.